The maximum atomic E-state index is 12.6. The molecule has 3 heterocycles. The van der Waals surface area contributed by atoms with Gasteiger partial charge in [0.1, 0.15) is 16.0 Å². The van der Waals surface area contributed by atoms with Gasteiger partial charge in [0.25, 0.3) is 0 Å². The van der Waals surface area contributed by atoms with Gasteiger partial charge < -0.3 is 18.8 Å². The molecule has 0 spiro atoms. The number of rotatable bonds is 5. The molecule has 0 radical (unpaired) electrons. The summed E-state index contributed by atoms with van der Waals surface area (Å²) in [6.07, 6.45) is 6.50. The fourth-order valence-corrected chi connectivity index (χ4v) is 3.83. The fraction of sp³-hybridized carbons (Fsp3) is 0.550. The molecule has 7 nitrogen and oxygen atoms in total. The lowest BCUT2D eigenvalue weighted by Crippen LogP contribution is -2.47. The van der Waals surface area contributed by atoms with Crippen molar-refractivity contribution < 1.29 is 18.7 Å². The zero-order valence-electron chi connectivity index (χ0n) is 16.8. The minimum Gasteiger partial charge on any atom is -0.481 e. The molecular formula is C20H25BrClN3O4. The molecule has 0 aliphatic carbocycles. The highest BCUT2D eigenvalue weighted by molar-refractivity contribution is 9.10. The van der Waals surface area contributed by atoms with Crippen LogP contribution in [0.25, 0.3) is 0 Å². The number of pyridine rings is 1. The SMILES string of the molecule is CC(C)(C)OC(=O)N1CCCCC1Cc1cnc(COc2cnc(Br)cc2Cl)o1. The number of hydrogen-bond donors (Lipinski definition) is 0. The van der Waals surface area contributed by atoms with Crippen molar-refractivity contribution in [1.29, 1.82) is 0 Å². The van der Waals surface area contributed by atoms with Gasteiger partial charge in [-0.3, -0.25) is 0 Å². The van der Waals surface area contributed by atoms with Crippen molar-refractivity contribution in [2.24, 2.45) is 0 Å². The van der Waals surface area contributed by atoms with Gasteiger partial charge in [0.05, 0.1) is 17.4 Å². The first-order valence-corrected chi connectivity index (χ1v) is 10.8. The lowest BCUT2D eigenvalue weighted by atomic mass is 9.99. The first-order chi connectivity index (χ1) is 13.7. The van der Waals surface area contributed by atoms with Crippen LogP contribution < -0.4 is 4.74 Å². The number of amides is 1. The molecule has 1 fully saturated rings. The molecule has 29 heavy (non-hydrogen) atoms. The predicted molar refractivity (Wildman–Crippen MR) is 112 cm³/mol. The number of ether oxygens (including phenoxy) is 2. The molecule has 1 aliphatic heterocycles. The van der Waals surface area contributed by atoms with Gasteiger partial charge in [-0.15, -0.1) is 0 Å². The molecule has 1 unspecified atom stereocenters. The number of nitrogens with zero attached hydrogens (tertiary/aromatic N) is 3. The van der Waals surface area contributed by atoms with Crippen LogP contribution >= 0.6 is 27.5 Å². The summed E-state index contributed by atoms with van der Waals surface area (Å²) in [6.45, 7) is 6.46. The lowest BCUT2D eigenvalue weighted by molar-refractivity contribution is 0.00939. The lowest BCUT2D eigenvalue weighted by Gasteiger charge is -2.36. The topological polar surface area (TPSA) is 77.7 Å². The Bertz CT molecular complexity index is 852. The first-order valence-electron chi connectivity index (χ1n) is 9.58. The minimum atomic E-state index is -0.515. The van der Waals surface area contributed by atoms with E-state index in [-0.39, 0.29) is 18.7 Å². The van der Waals surface area contributed by atoms with Gasteiger partial charge in [0.2, 0.25) is 5.89 Å². The smallest absolute Gasteiger partial charge is 0.410 e. The van der Waals surface area contributed by atoms with Gasteiger partial charge in [-0.25, -0.2) is 14.8 Å². The first kappa shape index (κ1) is 21.9. The van der Waals surface area contributed by atoms with Crippen LogP contribution in [0.5, 0.6) is 5.75 Å². The second kappa shape index (κ2) is 9.34. The predicted octanol–water partition coefficient (Wildman–Crippen LogP) is 5.40. The summed E-state index contributed by atoms with van der Waals surface area (Å²) >= 11 is 9.38. The van der Waals surface area contributed by atoms with Gasteiger partial charge in [-0.2, -0.15) is 0 Å². The van der Waals surface area contributed by atoms with Crippen LogP contribution in [0.3, 0.4) is 0 Å². The molecule has 1 amide bonds. The summed E-state index contributed by atoms with van der Waals surface area (Å²) in [5.41, 5.74) is -0.515. The standard InChI is InChI=1S/C20H25BrClN3O4/c1-20(2,3)29-19(26)25-7-5-4-6-13(25)8-14-10-24-18(28-14)12-27-16-11-23-17(21)9-15(16)22/h9-11,13H,4-8,12H2,1-3H3. The van der Waals surface area contributed by atoms with Crippen molar-refractivity contribution in [3.05, 3.63) is 39.7 Å². The van der Waals surface area contributed by atoms with E-state index in [1.54, 1.807) is 17.2 Å². The average Bonchev–Trinajstić information content (AvgIpc) is 3.07. The molecule has 2 aromatic rings. The van der Waals surface area contributed by atoms with Crippen LogP contribution in [0.4, 0.5) is 4.79 Å². The molecule has 9 heteroatoms. The number of carbonyl (C=O) groups is 1. The van der Waals surface area contributed by atoms with Crippen molar-refractivity contribution in [1.82, 2.24) is 14.9 Å². The largest absolute Gasteiger partial charge is 0.481 e. The number of likely N-dealkylation sites (tertiary alicyclic amines) is 1. The van der Waals surface area contributed by atoms with Crippen LogP contribution in [0, 0.1) is 0 Å². The highest BCUT2D eigenvalue weighted by Gasteiger charge is 2.31. The van der Waals surface area contributed by atoms with E-state index >= 15 is 0 Å². The average molecular weight is 487 g/mol. The molecule has 0 bridgehead atoms. The summed E-state index contributed by atoms with van der Waals surface area (Å²) < 4.78 is 17.6. The number of oxazole rings is 1. The summed E-state index contributed by atoms with van der Waals surface area (Å²) in [4.78, 5) is 22.7. The zero-order chi connectivity index (χ0) is 21.0. The van der Waals surface area contributed by atoms with Crippen LogP contribution in [0.1, 0.15) is 51.7 Å². The van der Waals surface area contributed by atoms with Gasteiger partial charge in [-0.1, -0.05) is 11.6 Å². The van der Waals surface area contributed by atoms with Crippen molar-refractivity contribution in [2.45, 2.75) is 64.7 Å². The van der Waals surface area contributed by atoms with Gasteiger partial charge in [0, 0.05) is 19.0 Å². The molecule has 3 rings (SSSR count). The van der Waals surface area contributed by atoms with E-state index in [4.69, 9.17) is 25.5 Å². The number of hydrogen-bond acceptors (Lipinski definition) is 6. The molecule has 0 aromatic carbocycles. The number of halogens is 2. The highest BCUT2D eigenvalue weighted by Crippen LogP contribution is 2.27. The summed E-state index contributed by atoms with van der Waals surface area (Å²) in [6, 6.07) is 1.69. The van der Waals surface area contributed by atoms with Crippen molar-refractivity contribution >= 4 is 33.6 Å². The molecule has 1 aliphatic rings. The molecular weight excluding hydrogens is 462 g/mol. The fourth-order valence-electron chi connectivity index (χ4n) is 3.16. The molecule has 0 saturated carbocycles. The van der Waals surface area contributed by atoms with E-state index in [0.717, 1.165) is 19.3 Å². The van der Waals surface area contributed by atoms with E-state index in [0.29, 0.717) is 40.0 Å². The van der Waals surface area contributed by atoms with E-state index in [1.165, 1.54) is 6.20 Å². The number of carbonyl (C=O) groups excluding carboxylic acids is 1. The molecule has 158 valence electrons. The monoisotopic (exact) mass is 485 g/mol. The number of aromatic nitrogens is 2. The second-order valence-electron chi connectivity index (χ2n) is 7.97. The van der Waals surface area contributed by atoms with Crippen molar-refractivity contribution in [3.8, 4) is 5.75 Å². The van der Waals surface area contributed by atoms with Crippen molar-refractivity contribution in [3.63, 3.8) is 0 Å². The zero-order valence-corrected chi connectivity index (χ0v) is 19.1. The Morgan fingerprint density at radius 1 is 1.34 bits per heavy atom. The Hall–Kier alpha value is -1.80. The van der Waals surface area contributed by atoms with E-state index in [1.807, 2.05) is 20.8 Å². The Morgan fingerprint density at radius 2 is 2.14 bits per heavy atom. The Labute approximate surface area is 183 Å². The number of piperidine rings is 1. The molecule has 1 saturated heterocycles. The summed E-state index contributed by atoms with van der Waals surface area (Å²) in [5.74, 6) is 1.61. The Balaban J connectivity index is 1.59. The van der Waals surface area contributed by atoms with Crippen LogP contribution in [-0.2, 0) is 17.8 Å². The quantitative estimate of drug-likeness (QED) is 0.527. The molecule has 2 aromatic heterocycles. The Kier molecular flexibility index (Phi) is 7.05. The third-order valence-electron chi connectivity index (χ3n) is 4.43. The Morgan fingerprint density at radius 3 is 2.86 bits per heavy atom. The molecule has 0 N–H and O–H groups in total. The maximum absolute atomic E-state index is 12.6. The maximum Gasteiger partial charge on any atom is 0.410 e. The third kappa shape index (κ3) is 6.34. The second-order valence-corrected chi connectivity index (χ2v) is 9.19. The van der Waals surface area contributed by atoms with Gasteiger partial charge in [-0.05, 0) is 62.0 Å². The van der Waals surface area contributed by atoms with E-state index in [9.17, 15) is 4.79 Å². The third-order valence-corrected chi connectivity index (χ3v) is 5.16. The summed E-state index contributed by atoms with van der Waals surface area (Å²) in [5, 5.41) is 0.453. The normalized spacial score (nSPS) is 17.3. The highest BCUT2D eigenvalue weighted by atomic mass is 79.9. The minimum absolute atomic E-state index is 0.0328. The van der Waals surface area contributed by atoms with Gasteiger partial charge >= 0.3 is 6.09 Å². The van der Waals surface area contributed by atoms with Crippen LogP contribution in [-0.4, -0.2) is 39.1 Å². The van der Waals surface area contributed by atoms with E-state index < -0.39 is 5.60 Å². The molecule has 1 atom stereocenters. The summed E-state index contributed by atoms with van der Waals surface area (Å²) in [7, 11) is 0. The van der Waals surface area contributed by atoms with E-state index in [2.05, 4.69) is 25.9 Å². The van der Waals surface area contributed by atoms with Crippen molar-refractivity contribution in [2.75, 3.05) is 6.54 Å². The van der Waals surface area contributed by atoms with Crippen LogP contribution in [0.2, 0.25) is 5.02 Å². The van der Waals surface area contributed by atoms with Gasteiger partial charge in [0.15, 0.2) is 12.4 Å². The van der Waals surface area contributed by atoms with Crippen LogP contribution in [0.15, 0.2) is 27.5 Å².